The summed E-state index contributed by atoms with van der Waals surface area (Å²) >= 11 is 5.92. The van der Waals surface area contributed by atoms with E-state index in [0.29, 0.717) is 16.3 Å². The van der Waals surface area contributed by atoms with E-state index in [1.54, 1.807) is 18.3 Å². The van der Waals surface area contributed by atoms with E-state index >= 15 is 0 Å². The van der Waals surface area contributed by atoms with Gasteiger partial charge in [0.05, 0.1) is 7.11 Å². The van der Waals surface area contributed by atoms with Gasteiger partial charge in [0.15, 0.2) is 6.61 Å². The van der Waals surface area contributed by atoms with Gasteiger partial charge in [-0.2, -0.15) is 0 Å². The molecule has 0 atom stereocenters. The third-order valence-corrected chi connectivity index (χ3v) is 4.43. The molecule has 0 saturated heterocycles. The molecule has 0 aliphatic rings. The number of hydrogen-bond acceptors (Lipinski definition) is 4. The maximum absolute atomic E-state index is 12.5. The van der Waals surface area contributed by atoms with Gasteiger partial charge in [0.1, 0.15) is 11.3 Å². The minimum atomic E-state index is -0.660. The van der Waals surface area contributed by atoms with E-state index in [9.17, 15) is 9.59 Å². The number of ether oxygens (including phenoxy) is 2. The molecule has 0 bridgehead atoms. The van der Waals surface area contributed by atoms with E-state index < -0.39 is 5.97 Å². The summed E-state index contributed by atoms with van der Waals surface area (Å²) in [5, 5.41) is 1.21. The Kier molecular flexibility index (Phi) is 5.28. The number of benzene rings is 2. The Labute approximate surface area is 155 Å². The number of aryl methyl sites for hydroxylation is 1. The molecule has 0 spiro atoms. The van der Waals surface area contributed by atoms with Gasteiger partial charge in [0.2, 0.25) is 5.78 Å². The molecule has 134 valence electrons. The Morgan fingerprint density at radius 1 is 1.15 bits per heavy atom. The molecular formula is C20H18ClNO4. The maximum Gasteiger partial charge on any atom is 0.342 e. The van der Waals surface area contributed by atoms with Gasteiger partial charge in [-0.15, -0.1) is 0 Å². The van der Waals surface area contributed by atoms with E-state index in [2.05, 4.69) is 11.9 Å². The minimum absolute atomic E-state index is 0.181. The molecule has 0 radical (unpaired) electrons. The van der Waals surface area contributed by atoms with Crippen LogP contribution in [0.1, 0.15) is 33.2 Å². The van der Waals surface area contributed by atoms with Crippen LogP contribution in [0, 0.1) is 0 Å². The number of H-pyrrole nitrogens is 1. The lowest BCUT2D eigenvalue weighted by atomic mass is 10.1. The fourth-order valence-corrected chi connectivity index (χ4v) is 3.04. The van der Waals surface area contributed by atoms with Crippen LogP contribution in [0.4, 0.5) is 0 Å². The van der Waals surface area contributed by atoms with Crippen LogP contribution in [0.2, 0.25) is 5.02 Å². The molecule has 3 aromatic rings. The summed E-state index contributed by atoms with van der Waals surface area (Å²) < 4.78 is 10.3. The Bertz CT molecular complexity index is 977. The number of aromatic nitrogens is 1. The molecule has 0 saturated carbocycles. The van der Waals surface area contributed by atoms with Crippen molar-refractivity contribution in [2.24, 2.45) is 0 Å². The van der Waals surface area contributed by atoms with Crippen LogP contribution in [0.3, 0.4) is 0 Å². The third-order valence-electron chi connectivity index (χ3n) is 4.20. The number of aromatic amines is 1. The molecule has 5 nitrogen and oxygen atoms in total. The number of ketones is 1. The molecule has 0 unspecified atom stereocenters. The zero-order chi connectivity index (χ0) is 18.7. The second kappa shape index (κ2) is 7.62. The molecule has 6 heteroatoms. The van der Waals surface area contributed by atoms with Gasteiger partial charge in [-0.05, 0) is 30.2 Å². The lowest BCUT2D eigenvalue weighted by molar-refractivity contribution is 0.0472. The van der Waals surface area contributed by atoms with Crippen molar-refractivity contribution in [3.05, 3.63) is 64.3 Å². The first-order valence-electron chi connectivity index (χ1n) is 8.18. The van der Waals surface area contributed by atoms with Crippen LogP contribution in [0.5, 0.6) is 5.75 Å². The van der Waals surface area contributed by atoms with Crippen LogP contribution in [0.15, 0.2) is 42.6 Å². The molecule has 1 heterocycles. The van der Waals surface area contributed by atoms with Crippen LogP contribution in [0.25, 0.3) is 10.9 Å². The van der Waals surface area contributed by atoms with Crippen LogP contribution in [-0.2, 0) is 11.2 Å². The zero-order valence-electron chi connectivity index (χ0n) is 14.5. The molecule has 2 aromatic carbocycles. The van der Waals surface area contributed by atoms with Gasteiger partial charge in [-0.1, -0.05) is 36.7 Å². The van der Waals surface area contributed by atoms with Gasteiger partial charge in [0, 0.05) is 27.7 Å². The zero-order valence-corrected chi connectivity index (χ0v) is 15.2. The summed E-state index contributed by atoms with van der Waals surface area (Å²) in [7, 11) is 1.45. The largest absolute Gasteiger partial charge is 0.496 e. The van der Waals surface area contributed by atoms with E-state index in [4.69, 9.17) is 21.1 Å². The van der Waals surface area contributed by atoms with Crippen molar-refractivity contribution in [2.75, 3.05) is 13.7 Å². The third kappa shape index (κ3) is 3.44. The second-order valence-electron chi connectivity index (χ2n) is 5.74. The summed E-state index contributed by atoms with van der Waals surface area (Å²) in [5.41, 5.74) is 2.74. The van der Waals surface area contributed by atoms with Crippen molar-refractivity contribution >= 4 is 34.3 Å². The number of halogens is 1. The van der Waals surface area contributed by atoms with Crippen molar-refractivity contribution < 1.29 is 19.1 Å². The van der Waals surface area contributed by atoms with Crippen molar-refractivity contribution in [2.45, 2.75) is 13.3 Å². The number of rotatable bonds is 6. The molecular weight excluding hydrogens is 354 g/mol. The van der Waals surface area contributed by atoms with Gasteiger partial charge in [-0.3, -0.25) is 4.79 Å². The lowest BCUT2D eigenvalue weighted by Gasteiger charge is -2.08. The Morgan fingerprint density at radius 2 is 1.96 bits per heavy atom. The molecule has 3 rings (SSSR count). The van der Waals surface area contributed by atoms with E-state index in [1.807, 2.05) is 18.2 Å². The first kappa shape index (κ1) is 18.0. The summed E-state index contributed by atoms with van der Waals surface area (Å²) in [6, 6.07) is 10.4. The van der Waals surface area contributed by atoms with Gasteiger partial charge >= 0.3 is 5.97 Å². The van der Waals surface area contributed by atoms with E-state index in [-0.39, 0.29) is 18.0 Å². The number of methoxy groups -OCH3 is 1. The number of fused-ring (bicyclic) bond motifs is 1. The van der Waals surface area contributed by atoms with E-state index in [1.165, 1.54) is 13.2 Å². The fraction of sp³-hybridized carbons (Fsp3) is 0.200. The topological polar surface area (TPSA) is 68.4 Å². The number of para-hydroxylation sites is 1. The maximum atomic E-state index is 12.5. The highest BCUT2D eigenvalue weighted by Gasteiger charge is 2.18. The number of nitrogens with one attached hydrogen (secondary N) is 1. The number of Topliss-reactive ketones (excluding diaryl/α,β-unsaturated/α-hetero) is 1. The highest BCUT2D eigenvalue weighted by atomic mass is 35.5. The van der Waals surface area contributed by atoms with Crippen LogP contribution in [-0.4, -0.2) is 30.5 Å². The SMILES string of the molecule is CCc1cccc2c(C(=O)COC(=O)c3cc(Cl)ccc3OC)c[nH]c12. The predicted octanol–water partition coefficient (Wildman–Crippen LogP) is 4.43. The number of carbonyl (C=O) groups is 2. The molecule has 1 aromatic heterocycles. The lowest BCUT2D eigenvalue weighted by Crippen LogP contribution is -2.14. The molecule has 1 N–H and O–H groups in total. The van der Waals surface area contributed by atoms with Gasteiger partial charge in [0.25, 0.3) is 0 Å². The monoisotopic (exact) mass is 371 g/mol. The number of esters is 1. The number of carbonyl (C=O) groups excluding carboxylic acids is 2. The quantitative estimate of drug-likeness (QED) is 0.514. The number of hydrogen-bond donors (Lipinski definition) is 1. The smallest absolute Gasteiger partial charge is 0.342 e. The molecule has 0 aliphatic heterocycles. The molecule has 0 aliphatic carbocycles. The predicted molar refractivity (Wildman–Crippen MR) is 100 cm³/mol. The van der Waals surface area contributed by atoms with Crippen molar-refractivity contribution in [1.82, 2.24) is 4.98 Å². The Balaban J connectivity index is 1.77. The summed E-state index contributed by atoms with van der Waals surface area (Å²) in [5.74, 6) is -0.600. The van der Waals surface area contributed by atoms with Gasteiger partial charge < -0.3 is 14.5 Å². The van der Waals surface area contributed by atoms with E-state index in [0.717, 1.165) is 22.9 Å². The first-order chi connectivity index (χ1) is 12.5. The summed E-state index contributed by atoms with van der Waals surface area (Å²) in [6.07, 6.45) is 2.51. The van der Waals surface area contributed by atoms with Crippen LogP contribution < -0.4 is 4.74 Å². The summed E-state index contributed by atoms with van der Waals surface area (Å²) in [4.78, 5) is 28.0. The second-order valence-corrected chi connectivity index (χ2v) is 6.18. The molecule has 0 amide bonds. The van der Waals surface area contributed by atoms with Crippen molar-refractivity contribution in [1.29, 1.82) is 0 Å². The average Bonchev–Trinajstić information content (AvgIpc) is 3.10. The molecule has 26 heavy (non-hydrogen) atoms. The summed E-state index contributed by atoms with van der Waals surface area (Å²) in [6.45, 7) is 1.69. The van der Waals surface area contributed by atoms with Crippen molar-refractivity contribution in [3.63, 3.8) is 0 Å². The average molecular weight is 372 g/mol. The van der Waals surface area contributed by atoms with Crippen LogP contribution >= 0.6 is 11.6 Å². The minimum Gasteiger partial charge on any atom is -0.496 e. The highest BCUT2D eigenvalue weighted by molar-refractivity contribution is 6.31. The Hall–Kier alpha value is -2.79. The highest BCUT2D eigenvalue weighted by Crippen LogP contribution is 2.25. The first-order valence-corrected chi connectivity index (χ1v) is 8.55. The normalized spacial score (nSPS) is 10.7. The van der Waals surface area contributed by atoms with Gasteiger partial charge in [-0.25, -0.2) is 4.79 Å². The molecule has 0 fully saturated rings. The van der Waals surface area contributed by atoms with Crippen molar-refractivity contribution in [3.8, 4) is 5.75 Å². The Morgan fingerprint density at radius 3 is 2.69 bits per heavy atom. The standard InChI is InChI=1S/C20H18ClNO4/c1-3-12-5-4-6-14-16(10-22-19(12)14)17(23)11-26-20(24)15-9-13(21)7-8-18(15)25-2/h4-10,22H,3,11H2,1-2H3. The fourth-order valence-electron chi connectivity index (χ4n) is 2.87.